The Labute approximate surface area is 455 Å². The van der Waals surface area contributed by atoms with Gasteiger partial charge in [-0.2, -0.15) is 5.26 Å². The number of carbonyl (C=O) groups excluding carboxylic acids is 6. The van der Waals surface area contributed by atoms with E-state index in [9.17, 15) is 24.4 Å². The fraction of sp³-hybridized carbons (Fsp3) is 0.468. The number of hydrogen-bond acceptors (Lipinski definition) is 11. The van der Waals surface area contributed by atoms with Crippen LogP contribution in [0.2, 0.25) is 0 Å². The van der Waals surface area contributed by atoms with Gasteiger partial charge in [-0.05, 0) is 132 Å². The summed E-state index contributed by atoms with van der Waals surface area (Å²) in [5.74, 6) is -2.48. The van der Waals surface area contributed by atoms with Crippen LogP contribution in [0.25, 0.3) is 22.3 Å². The molecule has 0 saturated carbocycles. The molecule has 1 heterocycles. The van der Waals surface area contributed by atoms with E-state index in [1.165, 1.54) is 23.6 Å². The van der Waals surface area contributed by atoms with Crippen molar-refractivity contribution in [3.8, 4) is 39.8 Å². The fourth-order valence-electron chi connectivity index (χ4n) is 8.99. The number of allylic oxidation sites excluding steroid dienone is 1. The van der Waals surface area contributed by atoms with E-state index in [0.29, 0.717) is 53.2 Å². The van der Waals surface area contributed by atoms with E-state index >= 15 is 9.59 Å². The van der Waals surface area contributed by atoms with Gasteiger partial charge in [0, 0.05) is 61.0 Å². The Kier molecular flexibility index (Phi) is 22.4. The second-order valence-electron chi connectivity index (χ2n) is 21.7. The standard InChI is InChI=1S/C62H79N5O10/c1-11-13-16-42-19-22-44(23-20-42)45-24-26-46(27-25-45)52(68)40-48(17-15-32-64-59(72)76-61(4,5)6)58(71)67(10)56-47-28-30-55(74-34-12-2)51(39-47)50-38-43(21-29-54(50)75-35-33-65-60(73)77-62(7,8)9)37-49(18-14-31-63)66-57(70)41(3)36-53(56)69/h14,18-30,38-39,41,48-49,56H,11-13,15-17,32-37,40H2,1-10H3,(H,64,72)(H,65,73)(H,66,70)/b18-14+/t41-,48-,49-,56+/m1/s1. The molecule has 77 heavy (non-hydrogen) atoms. The first kappa shape index (κ1) is 60.4. The van der Waals surface area contributed by atoms with Gasteiger partial charge in [-0.15, -0.1) is 0 Å². The summed E-state index contributed by atoms with van der Waals surface area (Å²) < 4.78 is 23.6. The predicted octanol–water partition coefficient (Wildman–Crippen LogP) is 11.5. The number of likely N-dealkylation sites (N-methyl/N-ethyl adjacent to an activating group) is 1. The Bertz CT molecular complexity index is 2730. The van der Waals surface area contributed by atoms with E-state index in [1.54, 1.807) is 90.9 Å². The van der Waals surface area contributed by atoms with Crippen LogP contribution in [0.15, 0.2) is 97.1 Å². The molecule has 15 nitrogen and oxygen atoms in total. The SMILES string of the molecule is CCCCc1ccc(-c2ccc(C(=O)C[C@@H](CCCNC(=O)OC(C)(C)C)C(=O)N(C)[C@@H]3C(=O)C[C@@H](C)C(=O)N[C@H](/C=C/C#N)Cc4ccc(OCCNC(=O)OC(C)(C)C)c(c4)-c4cc3ccc4OCCC)cc2)cc1. The third-order valence-electron chi connectivity index (χ3n) is 12.8. The maximum absolute atomic E-state index is 15.3. The molecule has 0 aromatic heterocycles. The van der Waals surface area contributed by atoms with Gasteiger partial charge >= 0.3 is 12.2 Å². The van der Waals surface area contributed by atoms with E-state index in [2.05, 4.69) is 47.1 Å². The highest BCUT2D eigenvalue weighted by molar-refractivity contribution is 6.00. The van der Waals surface area contributed by atoms with Crippen molar-refractivity contribution in [3.05, 3.63) is 119 Å². The highest BCUT2D eigenvalue weighted by Gasteiger charge is 2.36. The fourth-order valence-corrected chi connectivity index (χ4v) is 8.99. The molecule has 0 spiro atoms. The van der Waals surface area contributed by atoms with Crippen molar-refractivity contribution < 1.29 is 47.7 Å². The minimum Gasteiger partial charge on any atom is -0.493 e. The van der Waals surface area contributed by atoms with Crippen molar-refractivity contribution in [2.75, 3.05) is 33.4 Å². The van der Waals surface area contributed by atoms with Crippen molar-refractivity contribution in [3.63, 3.8) is 0 Å². The largest absolute Gasteiger partial charge is 0.493 e. The Morgan fingerprint density at radius 3 is 1.97 bits per heavy atom. The molecule has 4 amide bonds. The number of benzene rings is 4. The average molecular weight is 1050 g/mol. The van der Waals surface area contributed by atoms with Crippen molar-refractivity contribution in [1.29, 1.82) is 5.26 Å². The van der Waals surface area contributed by atoms with Crippen LogP contribution in [0.3, 0.4) is 0 Å². The van der Waals surface area contributed by atoms with E-state index in [-0.39, 0.29) is 51.2 Å². The number of nitriles is 1. The number of alkyl carbamates (subject to hydrolysis) is 2. The van der Waals surface area contributed by atoms with Gasteiger partial charge < -0.3 is 39.8 Å². The minimum atomic E-state index is -1.25. The van der Waals surface area contributed by atoms with Gasteiger partial charge in [0.05, 0.1) is 25.3 Å². The van der Waals surface area contributed by atoms with Gasteiger partial charge in [-0.1, -0.05) is 93.9 Å². The van der Waals surface area contributed by atoms with Crippen molar-refractivity contribution in [2.45, 2.75) is 143 Å². The van der Waals surface area contributed by atoms with Crippen molar-refractivity contribution >= 4 is 35.6 Å². The molecule has 0 aliphatic carbocycles. The normalized spacial score (nSPS) is 16.2. The second-order valence-corrected chi connectivity index (χ2v) is 21.7. The molecule has 0 saturated heterocycles. The third kappa shape index (κ3) is 18.9. The van der Waals surface area contributed by atoms with Crippen LogP contribution < -0.4 is 25.4 Å². The first-order chi connectivity index (χ1) is 36.6. The van der Waals surface area contributed by atoms with Crippen LogP contribution in [0, 0.1) is 23.2 Å². The third-order valence-corrected chi connectivity index (χ3v) is 12.8. The average Bonchev–Trinajstić information content (AvgIpc) is 3.37. The molecule has 4 atom stereocenters. The van der Waals surface area contributed by atoms with Crippen LogP contribution in [0.1, 0.15) is 140 Å². The molecule has 0 fully saturated rings. The number of unbranched alkanes of at least 4 members (excludes halogenated alkanes) is 1. The molecule has 3 N–H and O–H groups in total. The topological polar surface area (TPSA) is 202 Å². The zero-order valence-corrected chi connectivity index (χ0v) is 46.7. The monoisotopic (exact) mass is 1050 g/mol. The maximum atomic E-state index is 15.3. The molecule has 4 bridgehead atoms. The maximum Gasteiger partial charge on any atom is 0.407 e. The number of rotatable bonds is 21. The lowest BCUT2D eigenvalue weighted by molar-refractivity contribution is -0.142. The molecule has 15 heteroatoms. The van der Waals surface area contributed by atoms with Gasteiger partial charge in [0.2, 0.25) is 11.8 Å². The second kappa shape index (κ2) is 28.6. The lowest BCUT2D eigenvalue weighted by Crippen LogP contribution is -2.42. The first-order valence-electron chi connectivity index (χ1n) is 26.9. The van der Waals surface area contributed by atoms with E-state index in [1.807, 2.05) is 37.3 Å². The van der Waals surface area contributed by atoms with Crippen molar-refractivity contribution in [2.24, 2.45) is 11.8 Å². The molecule has 4 aromatic rings. The summed E-state index contributed by atoms with van der Waals surface area (Å²) in [4.78, 5) is 85.1. The highest BCUT2D eigenvalue weighted by Crippen LogP contribution is 2.41. The number of carbonyl (C=O) groups is 6. The smallest absolute Gasteiger partial charge is 0.407 e. The summed E-state index contributed by atoms with van der Waals surface area (Å²) in [6.07, 6.45) is 5.94. The number of Topliss-reactive ketones (excluding diaryl/α,β-unsaturated/α-hetero) is 2. The Hall–Kier alpha value is -7.47. The Morgan fingerprint density at radius 2 is 1.36 bits per heavy atom. The lowest BCUT2D eigenvalue weighted by atomic mass is 9.88. The number of amides is 4. The van der Waals surface area contributed by atoms with Gasteiger partial charge in [0.25, 0.3) is 0 Å². The summed E-state index contributed by atoms with van der Waals surface area (Å²) >= 11 is 0. The lowest BCUT2D eigenvalue weighted by Gasteiger charge is -2.32. The molecule has 5 rings (SSSR count). The molecule has 412 valence electrons. The first-order valence-corrected chi connectivity index (χ1v) is 26.9. The van der Waals surface area contributed by atoms with E-state index in [4.69, 9.17) is 18.9 Å². The van der Waals surface area contributed by atoms with Gasteiger partial charge in [-0.3, -0.25) is 19.2 Å². The number of ether oxygens (including phenoxy) is 4. The Balaban J connectivity index is 1.56. The molecule has 0 unspecified atom stereocenters. The molecular formula is C62H79N5O10. The molecule has 1 aliphatic heterocycles. The summed E-state index contributed by atoms with van der Waals surface area (Å²) in [7, 11) is 1.54. The molecule has 4 aromatic carbocycles. The minimum absolute atomic E-state index is 0.0563. The van der Waals surface area contributed by atoms with Gasteiger partial charge in [0.15, 0.2) is 11.6 Å². The summed E-state index contributed by atoms with van der Waals surface area (Å²) in [6, 6.07) is 26.7. The van der Waals surface area contributed by atoms with E-state index < -0.39 is 64.9 Å². The molecule has 1 aliphatic rings. The summed E-state index contributed by atoms with van der Waals surface area (Å²) in [6.45, 7) is 17.1. The van der Waals surface area contributed by atoms with Crippen molar-refractivity contribution in [1.82, 2.24) is 20.9 Å². The van der Waals surface area contributed by atoms with Crippen LogP contribution in [-0.4, -0.2) is 91.1 Å². The summed E-state index contributed by atoms with van der Waals surface area (Å²) in [5.41, 5.74) is 4.57. The van der Waals surface area contributed by atoms with Gasteiger partial charge in [-0.25, -0.2) is 9.59 Å². The number of nitrogens with zero attached hydrogens (tertiary/aromatic N) is 2. The van der Waals surface area contributed by atoms with Gasteiger partial charge in [0.1, 0.15) is 35.3 Å². The number of fused-ring (bicyclic) bond motifs is 5. The number of ketones is 2. The predicted molar refractivity (Wildman–Crippen MR) is 298 cm³/mol. The summed E-state index contributed by atoms with van der Waals surface area (Å²) in [5, 5.41) is 18.0. The van der Waals surface area contributed by atoms with E-state index in [0.717, 1.165) is 36.0 Å². The van der Waals surface area contributed by atoms with Crippen LogP contribution >= 0.6 is 0 Å². The molecule has 0 radical (unpaired) electrons. The zero-order valence-electron chi connectivity index (χ0n) is 46.7. The van der Waals surface area contributed by atoms with Crippen LogP contribution in [-0.2, 0) is 36.7 Å². The molecular weight excluding hydrogens is 975 g/mol. The highest BCUT2D eigenvalue weighted by atomic mass is 16.6. The number of aryl methyl sites for hydroxylation is 1. The van der Waals surface area contributed by atoms with Crippen LogP contribution in [0.4, 0.5) is 9.59 Å². The van der Waals surface area contributed by atoms with Crippen LogP contribution in [0.5, 0.6) is 11.5 Å². The zero-order chi connectivity index (χ0) is 56.3. The quantitative estimate of drug-likeness (QED) is 0.0407. The number of hydrogen-bond donors (Lipinski definition) is 3. The Morgan fingerprint density at radius 1 is 0.766 bits per heavy atom. The number of nitrogens with one attached hydrogen (secondary N) is 3.